The van der Waals surface area contributed by atoms with E-state index in [0.717, 1.165) is 35.5 Å². The maximum absolute atomic E-state index is 12.8. The molecular weight excluding hydrogens is 458 g/mol. The van der Waals surface area contributed by atoms with Crippen molar-refractivity contribution in [3.05, 3.63) is 100 Å². The van der Waals surface area contributed by atoms with Gasteiger partial charge in [-0.1, -0.05) is 88.4 Å². The lowest BCUT2D eigenvalue weighted by atomic mass is 9.59. The van der Waals surface area contributed by atoms with Crippen LogP contribution < -0.4 is 0 Å². The van der Waals surface area contributed by atoms with E-state index in [1.165, 1.54) is 11.3 Å². The van der Waals surface area contributed by atoms with E-state index < -0.39 is 5.41 Å². The van der Waals surface area contributed by atoms with Gasteiger partial charge in [-0.3, -0.25) is 0 Å². The van der Waals surface area contributed by atoms with Crippen molar-refractivity contribution < 1.29 is 9.53 Å². The van der Waals surface area contributed by atoms with E-state index in [-0.39, 0.29) is 23.3 Å². The number of hydrogen-bond donors (Lipinski definition) is 0. The van der Waals surface area contributed by atoms with Crippen LogP contribution in [-0.4, -0.2) is 21.9 Å². The topological polar surface area (TPSA) is 48.5 Å². The standard InChI is InChI=1S/C32H35N3O2/c1-21(2)24-11-13-25(14-12-24)31-34-30-28(35(31)17-18-37-20-23-9-7-6-8-10-23)16-15-26-22(3)29(36)27(33-5)19-32(26,30)4/h6-14,19,21-22,26H,15-18,20H2,1-4H3/t22-,26-,32-/m1/s1. The molecule has 0 radical (unpaired) electrons. The van der Waals surface area contributed by atoms with Gasteiger partial charge >= 0.3 is 0 Å². The van der Waals surface area contributed by atoms with Gasteiger partial charge in [-0.25, -0.2) is 9.83 Å². The monoisotopic (exact) mass is 493 g/mol. The number of rotatable bonds is 7. The van der Waals surface area contributed by atoms with Gasteiger partial charge in [0.1, 0.15) is 5.82 Å². The first kappa shape index (κ1) is 25.2. The normalized spacial score (nSPS) is 22.8. The summed E-state index contributed by atoms with van der Waals surface area (Å²) in [6.45, 7) is 18.0. The van der Waals surface area contributed by atoms with Crippen LogP contribution in [0.25, 0.3) is 16.2 Å². The zero-order chi connectivity index (χ0) is 26.2. The van der Waals surface area contributed by atoms with Crippen LogP contribution in [0.1, 0.15) is 62.5 Å². The van der Waals surface area contributed by atoms with Crippen LogP contribution in [0.15, 0.2) is 66.4 Å². The number of fused-ring (bicyclic) bond motifs is 3. The molecule has 0 spiro atoms. The van der Waals surface area contributed by atoms with Crippen molar-refractivity contribution in [2.24, 2.45) is 11.8 Å². The number of carbonyl (C=O) groups is 1. The first-order valence-corrected chi connectivity index (χ1v) is 13.3. The zero-order valence-electron chi connectivity index (χ0n) is 22.2. The molecule has 0 bridgehead atoms. The van der Waals surface area contributed by atoms with Gasteiger partial charge < -0.3 is 14.1 Å². The van der Waals surface area contributed by atoms with Crippen molar-refractivity contribution in [3.63, 3.8) is 0 Å². The summed E-state index contributed by atoms with van der Waals surface area (Å²) in [5, 5.41) is 0. The van der Waals surface area contributed by atoms with E-state index in [9.17, 15) is 4.79 Å². The molecule has 0 saturated carbocycles. The van der Waals surface area contributed by atoms with Crippen LogP contribution in [0, 0.1) is 18.4 Å². The average Bonchev–Trinajstić information content (AvgIpc) is 3.29. The number of ether oxygens (including phenoxy) is 1. The summed E-state index contributed by atoms with van der Waals surface area (Å²) in [5.41, 5.74) is 5.56. The van der Waals surface area contributed by atoms with Crippen LogP contribution in [-0.2, 0) is 34.5 Å². The second kappa shape index (κ2) is 10.1. The van der Waals surface area contributed by atoms with Crippen LogP contribution in [0.3, 0.4) is 0 Å². The fourth-order valence-corrected chi connectivity index (χ4v) is 6.14. The third-order valence-electron chi connectivity index (χ3n) is 8.28. The van der Waals surface area contributed by atoms with Gasteiger partial charge in [-0.15, -0.1) is 0 Å². The van der Waals surface area contributed by atoms with Crippen molar-refractivity contribution in [2.45, 2.75) is 65.0 Å². The summed E-state index contributed by atoms with van der Waals surface area (Å²) >= 11 is 0. The third kappa shape index (κ3) is 4.55. The highest BCUT2D eigenvalue weighted by atomic mass is 16.5. The molecule has 0 saturated heterocycles. The number of Topliss-reactive ketones (excluding diaryl/α,β-unsaturated/α-hetero) is 1. The molecule has 0 aliphatic heterocycles. The Morgan fingerprint density at radius 3 is 2.57 bits per heavy atom. The highest BCUT2D eigenvalue weighted by Gasteiger charge is 2.50. The minimum Gasteiger partial charge on any atom is -0.375 e. The molecule has 0 N–H and O–H groups in total. The Bertz CT molecular complexity index is 1360. The number of nitrogens with zero attached hydrogens (tertiary/aromatic N) is 3. The first-order valence-electron chi connectivity index (χ1n) is 13.3. The third-order valence-corrected chi connectivity index (χ3v) is 8.28. The van der Waals surface area contributed by atoms with E-state index in [1.807, 2.05) is 31.2 Å². The summed E-state index contributed by atoms with van der Waals surface area (Å²) < 4.78 is 8.40. The summed E-state index contributed by atoms with van der Waals surface area (Å²) in [7, 11) is 0. The van der Waals surface area contributed by atoms with Crippen molar-refractivity contribution in [1.82, 2.24) is 9.55 Å². The predicted octanol–water partition coefficient (Wildman–Crippen LogP) is 6.73. The van der Waals surface area contributed by atoms with Crippen LogP contribution in [0.4, 0.5) is 0 Å². The van der Waals surface area contributed by atoms with Gasteiger partial charge in [-0.2, -0.15) is 0 Å². The Hall–Kier alpha value is -3.49. The number of benzene rings is 2. The Kier molecular flexibility index (Phi) is 6.88. The Balaban J connectivity index is 1.53. The predicted molar refractivity (Wildman–Crippen MR) is 146 cm³/mol. The number of imidazole rings is 1. The first-order chi connectivity index (χ1) is 17.8. The summed E-state index contributed by atoms with van der Waals surface area (Å²) in [6, 6.07) is 18.9. The summed E-state index contributed by atoms with van der Waals surface area (Å²) in [5.74, 6) is 1.34. The number of ketones is 1. The van der Waals surface area contributed by atoms with Gasteiger partial charge in [0.05, 0.1) is 25.5 Å². The van der Waals surface area contributed by atoms with Gasteiger partial charge in [-0.05, 0) is 35.8 Å². The van der Waals surface area contributed by atoms with E-state index in [1.54, 1.807) is 0 Å². The molecule has 2 aromatic carbocycles. The molecule has 0 amide bonds. The Morgan fingerprint density at radius 1 is 1.16 bits per heavy atom. The van der Waals surface area contributed by atoms with Crippen molar-refractivity contribution in [1.29, 1.82) is 0 Å². The van der Waals surface area contributed by atoms with Crippen LogP contribution in [0.5, 0.6) is 0 Å². The lowest BCUT2D eigenvalue weighted by Crippen LogP contribution is -2.45. The van der Waals surface area contributed by atoms with E-state index in [0.29, 0.717) is 25.7 Å². The quantitative estimate of drug-likeness (QED) is 0.271. The largest absolute Gasteiger partial charge is 0.375 e. The molecule has 37 heavy (non-hydrogen) atoms. The summed E-state index contributed by atoms with van der Waals surface area (Å²) in [4.78, 5) is 21.7. The fourth-order valence-electron chi connectivity index (χ4n) is 6.14. The molecule has 1 heterocycles. The minimum absolute atomic E-state index is 0.0285. The molecular formula is C32H35N3O2. The van der Waals surface area contributed by atoms with Crippen LogP contribution in [0.2, 0.25) is 0 Å². The zero-order valence-corrected chi connectivity index (χ0v) is 22.2. The minimum atomic E-state index is -0.441. The van der Waals surface area contributed by atoms with Crippen LogP contribution >= 0.6 is 0 Å². The number of allylic oxidation sites excluding steroid dienone is 2. The fraction of sp³-hybridized carbons (Fsp3) is 0.406. The van der Waals surface area contributed by atoms with Gasteiger partial charge in [0.25, 0.3) is 0 Å². The number of carbonyl (C=O) groups excluding carboxylic acids is 1. The SMILES string of the molecule is [C-]#[N+]C1=C[C@@]2(C)c3nc(-c4ccc(C(C)C)cc4)n(CCOCc4ccccc4)c3CC[C@@H]2[C@@H](C)C1=O. The summed E-state index contributed by atoms with van der Waals surface area (Å²) in [6.07, 6.45) is 3.67. The molecule has 5 heteroatoms. The molecule has 190 valence electrons. The second-order valence-corrected chi connectivity index (χ2v) is 10.9. The van der Waals surface area contributed by atoms with E-state index >= 15 is 0 Å². The lowest BCUT2D eigenvalue weighted by molar-refractivity contribution is -0.121. The van der Waals surface area contributed by atoms with E-state index in [4.69, 9.17) is 16.3 Å². The van der Waals surface area contributed by atoms with Gasteiger partial charge in [0.15, 0.2) is 5.78 Å². The number of hydrogen-bond acceptors (Lipinski definition) is 3. The molecule has 5 rings (SSSR count). The molecule has 2 aliphatic rings. The smallest absolute Gasteiger partial charge is 0.226 e. The Labute approximate surface area is 220 Å². The van der Waals surface area contributed by atoms with E-state index in [2.05, 4.69) is 66.6 Å². The Morgan fingerprint density at radius 2 is 1.89 bits per heavy atom. The lowest BCUT2D eigenvalue weighted by Gasteiger charge is -2.44. The maximum Gasteiger partial charge on any atom is 0.226 e. The molecule has 2 aliphatic carbocycles. The van der Waals surface area contributed by atoms with Gasteiger partial charge in [0.2, 0.25) is 5.70 Å². The molecule has 0 fully saturated rings. The average molecular weight is 494 g/mol. The molecule has 5 nitrogen and oxygen atoms in total. The molecule has 0 unspecified atom stereocenters. The molecule has 3 atom stereocenters. The van der Waals surface area contributed by atoms with Gasteiger partial charge in [0, 0.05) is 29.1 Å². The highest BCUT2D eigenvalue weighted by Crippen LogP contribution is 2.50. The number of aromatic nitrogens is 2. The highest BCUT2D eigenvalue weighted by molar-refractivity contribution is 6.00. The maximum atomic E-state index is 12.8. The second-order valence-electron chi connectivity index (χ2n) is 10.9. The van der Waals surface area contributed by atoms with Crippen molar-refractivity contribution in [3.8, 4) is 11.4 Å². The van der Waals surface area contributed by atoms with Crippen molar-refractivity contribution in [2.75, 3.05) is 6.61 Å². The molecule has 3 aromatic rings. The van der Waals surface area contributed by atoms with Crippen molar-refractivity contribution >= 4 is 5.78 Å². The molecule has 1 aromatic heterocycles.